The average Bonchev–Trinajstić information content (AvgIpc) is 2.98. The number of likely N-dealkylation sites (tertiary alicyclic amines) is 1. The summed E-state index contributed by atoms with van der Waals surface area (Å²) in [7, 11) is 0. The molecule has 1 aromatic rings. The summed E-state index contributed by atoms with van der Waals surface area (Å²) in [5, 5.41) is 3.05. The highest BCUT2D eigenvalue weighted by molar-refractivity contribution is 5.80. The minimum Gasteiger partial charge on any atom is -0.381 e. The van der Waals surface area contributed by atoms with Crippen molar-refractivity contribution in [3.05, 3.63) is 35.4 Å². The summed E-state index contributed by atoms with van der Waals surface area (Å²) in [5.41, 5.74) is 2.16. The number of nitrogens with zero attached hydrogens (tertiary/aromatic N) is 2. The Bertz CT molecular complexity index is 706. The Balaban J connectivity index is 1.37. The van der Waals surface area contributed by atoms with Gasteiger partial charge < -0.3 is 19.9 Å². The van der Waals surface area contributed by atoms with Gasteiger partial charge in [0.2, 0.25) is 5.91 Å². The smallest absolute Gasteiger partial charge is 0.318 e. The van der Waals surface area contributed by atoms with Crippen LogP contribution in [0.5, 0.6) is 0 Å². The Labute approximate surface area is 160 Å². The van der Waals surface area contributed by atoms with Crippen LogP contribution in [0.25, 0.3) is 0 Å². The molecule has 0 saturated carbocycles. The van der Waals surface area contributed by atoms with Crippen LogP contribution in [0, 0.1) is 6.92 Å². The predicted molar refractivity (Wildman–Crippen MR) is 103 cm³/mol. The van der Waals surface area contributed by atoms with Crippen molar-refractivity contribution in [2.45, 2.75) is 50.6 Å². The van der Waals surface area contributed by atoms with Crippen molar-refractivity contribution < 1.29 is 14.3 Å². The third-order valence-corrected chi connectivity index (χ3v) is 6.34. The van der Waals surface area contributed by atoms with Gasteiger partial charge in [0.15, 0.2) is 0 Å². The number of hydrogen-bond donors (Lipinski definition) is 1. The van der Waals surface area contributed by atoms with Gasteiger partial charge in [-0.1, -0.05) is 29.8 Å². The standard InChI is InChI=1S/C21H29N3O3/c1-16-3-2-4-17(13-16)14-19(25)23-9-5-18(6-10-23)24-20(26)22-15-21(24)7-11-27-12-8-21/h2-4,13,18H,5-12,14-15H2,1H3,(H,22,26). The number of rotatable bonds is 3. The SMILES string of the molecule is Cc1cccc(CC(=O)N2CCC(N3C(=O)NCC34CCOCC4)CC2)c1. The van der Waals surface area contributed by atoms with E-state index in [-0.39, 0.29) is 23.5 Å². The first-order chi connectivity index (χ1) is 13.1. The Morgan fingerprint density at radius 3 is 2.70 bits per heavy atom. The molecule has 1 spiro atoms. The van der Waals surface area contributed by atoms with Gasteiger partial charge in [0.05, 0.1) is 12.0 Å². The highest BCUT2D eigenvalue weighted by atomic mass is 16.5. The summed E-state index contributed by atoms with van der Waals surface area (Å²) in [6, 6.07) is 8.42. The number of benzene rings is 1. The van der Waals surface area contributed by atoms with Gasteiger partial charge in [0.1, 0.15) is 0 Å². The number of piperidine rings is 1. The summed E-state index contributed by atoms with van der Waals surface area (Å²) in [6.07, 6.45) is 3.97. The molecule has 0 atom stereocenters. The predicted octanol–water partition coefficient (Wildman–Crippen LogP) is 2.10. The van der Waals surface area contributed by atoms with Gasteiger partial charge in [-0.2, -0.15) is 0 Å². The van der Waals surface area contributed by atoms with Crippen molar-refractivity contribution in [1.82, 2.24) is 15.1 Å². The quantitative estimate of drug-likeness (QED) is 0.885. The highest BCUT2D eigenvalue weighted by Crippen LogP contribution is 2.35. The van der Waals surface area contributed by atoms with Crippen molar-refractivity contribution in [2.75, 3.05) is 32.8 Å². The topological polar surface area (TPSA) is 61.9 Å². The van der Waals surface area contributed by atoms with E-state index in [0.29, 0.717) is 6.42 Å². The Hall–Kier alpha value is -2.08. The summed E-state index contributed by atoms with van der Waals surface area (Å²) in [5.74, 6) is 0.186. The fraction of sp³-hybridized carbons (Fsp3) is 0.619. The van der Waals surface area contributed by atoms with Crippen molar-refractivity contribution in [3.63, 3.8) is 0 Å². The third kappa shape index (κ3) is 3.68. The lowest BCUT2D eigenvalue weighted by Gasteiger charge is -2.46. The molecule has 0 radical (unpaired) electrons. The molecule has 4 rings (SSSR count). The first-order valence-electron chi connectivity index (χ1n) is 10.1. The molecule has 3 saturated heterocycles. The van der Waals surface area contributed by atoms with E-state index >= 15 is 0 Å². The molecule has 3 aliphatic heterocycles. The van der Waals surface area contributed by atoms with E-state index in [1.165, 1.54) is 5.56 Å². The highest BCUT2D eigenvalue weighted by Gasteiger charge is 2.49. The number of hydrogen-bond acceptors (Lipinski definition) is 3. The van der Waals surface area contributed by atoms with Crippen LogP contribution >= 0.6 is 0 Å². The number of carbonyl (C=O) groups excluding carboxylic acids is 2. The molecule has 3 amide bonds. The second kappa shape index (κ2) is 7.50. The Kier molecular flexibility index (Phi) is 5.08. The van der Waals surface area contributed by atoms with E-state index in [9.17, 15) is 9.59 Å². The van der Waals surface area contributed by atoms with E-state index in [1.807, 2.05) is 30.0 Å². The molecule has 6 heteroatoms. The number of amides is 3. The van der Waals surface area contributed by atoms with Gasteiger partial charge in [0.25, 0.3) is 0 Å². The molecule has 0 aromatic heterocycles. The largest absolute Gasteiger partial charge is 0.381 e. The number of urea groups is 1. The second-order valence-electron chi connectivity index (χ2n) is 8.14. The van der Waals surface area contributed by atoms with Crippen LogP contribution in [0.1, 0.15) is 36.8 Å². The van der Waals surface area contributed by atoms with Crippen LogP contribution in [0.15, 0.2) is 24.3 Å². The summed E-state index contributed by atoms with van der Waals surface area (Å²) < 4.78 is 5.52. The molecule has 0 unspecified atom stereocenters. The molecule has 1 aromatic carbocycles. The molecule has 27 heavy (non-hydrogen) atoms. The summed E-state index contributed by atoms with van der Waals surface area (Å²) in [4.78, 5) is 29.3. The zero-order valence-corrected chi connectivity index (χ0v) is 16.1. The van der Waals surface area contributed by atoms with Crippen molar-refractivity contribution >= 4 is 11.9 Å². The molecule has 0 aliphatic carbocycles. The van der Waals surface area contributed by atoms with Crippen LogP contribution in [0.2, 0.25) is 0 Å². The number of aryl methyl sites for hydroxylation is 1. The van der Waals surface area contributed by atoms with Gasteiger partial charge in [-0.15, -0.1) is 0 Å². The molecule has 0 bridgehead atoms. The molecule has 146 valence electrons. The molecule has 3 fully saturated rings. The maximum atomic E-state index is 12.7. The molecular weight excluding hydrogens is 342 g/mol. The minimum absolute atomic E-state index is 0.0569. The fourth-order valence-corrected chi connectivity index (χ4v) is 4.83. The van der Waals surface area contributed by atoms with Gasteiger partial charge in [-0.25, -0.2) is 4.79 Å². The lowest BCUT2D eigenvalue weighted by atomic mass is 9.86. The van der Waals surface area contributed by atoms with Gasteiger partial charge >= 0.3 is 6.03 Å². The molecular formula is C21H29N3O3. The second-order valence-corrected chi connectivity index (χ2v) is 8.14. The maximum Gasteiger partial charge on any atom is 0.318 e. The van der Waals surface area contributed by atoms with Gasteiger partial charge in [-0.3, -0.25) is 4.79 Å². The zero-order valence-electron chi connectivity index (χ0n) is 16.1. The Morgan fingerprint density at radius 1 is 1.26 bits per heavy atom. The average molecular weight is 371 g/mol. The van der Waals surface area contributed by atoms with Crippen molar-refractivity contribution in [1.29, 1.82) is 0 Å². The zero-order chi connectivity index (χ0) is 18.9. The van der Waals surface area contributed by atoms with Crippen LogP contribution in [-0.4, -0.2) is 66.2 Å². The van der Waals surface area contributed by atoms with Gasteiger partial charge in [0, 0.05) is 38.9 Å². The number of ether oxygens (including phenoxy) is 1. The van der Waals surface area contributed by atoms with Crippen molar-refractivity contribution in [3.8, 4) is 0 Å². The molecule has 6 nitrogen and oxygen atoms in total. The van der Waals surface area contributed by atoms with Crippen LogP contribution in [0.3, 0.4) is 0 Å². The van der Waals surface area contributed by atoms with E-state index in [0.717, 1.165) is 64.1 Å². The lowest BCUT2D eigenvalue weighted by Crippen LogP contribution is -2.57. The number of carbonyl (C=O) groups is 2. The first-order valence-corrected chi connectivity index (χ1v) is 10.1. The Morgan fingerprint density at radius 2 is 2.00 bits per heavy atom. The minimum atomic E-state index is -0.0895. The van der Waals surface area contributed by atoms with Crippen LogP contribution < -0.4 is 5.32 Å². The number of nitrogens with one attached hydrogen (secondary N) is 1. The van der Waals surface area contributed by atoms with Crippen LogP contribution in [-0.2, 0) is 16.0 Å². The molecule has 3 heterocycles. The molecule has 1 N–H and O–H groups in total. The van der Waals surface area contributed by atoms with E-state index in [1.54, 1.807) is 0 Å². The maximum absolute atomic E-state index is 12.7. The lowest BCUT2D eigenvalue weighted by molar-refractivity contribution is -0.132. The first kappa shape index (κ1) is 18.3. The van der Waals surface area contributed by atoms with E-state index in [4.69, 9.17) is 4.74 Å². The van der Waals surface area contributed by atoms with Gasteiger partial charge in [-0.05, 0) is 38.2 Å². The third-order valence-electron chi connectivity index (χ3n) is 6.34. The molecule has 3 aliphatic rings. The normalized spacial score (nSPS) is 22.9. The summed E-state index contributed by atoms with van der Waals surface area (Å²) >= 11 is 0. The van der Waals surface area contributed by atoms with E-state index < -0.39 is 0 Å². The monoisotopic (exact) mass is 371 g/mol. The van der Waals surface area contributed by atoms with Crippen LogP contribution in [0.4, 0.5) is 4.79 Å². The summed E-state index contributed by atoms with van der Waals surface area (Å²) in [6.45, 7) is 5.67. The fourth-order valence-electron chi connectivity index (χ4n) is 4.83. The van der Waals surface area contributed by atoms with Crippen molar-refractivity contribution in [2.24, 2.45) is 0 Å². The van der Waals surface area contributed by atoms with E-state index in [2.05, 4.69) is 16.3 Å².